The van der Waals surface area contributed by atoms with Crippen molar-refractivity contribution in [3.63, 3.8) is 0 Å². The van der Waals surface area contributed by atoms with Gasteiger partial charge in [-0.1, -0.05) is 39.0 Å². The van der Waals surface area contributed by atoms with Gasteiger partial charge in [-0.15, -0.1) is 0 Å². The largest absolute Gasteiger partial charge is 0.459 e. The van der Waals surface area contributed by atoms with Gasteiger partial charge >= 0.3 is 0 Å². The molecule has 0 saturated carbocycles. The highest BCUT2D eigenvalue weighted by molar-refractivity contribution is 7.92. The number of para-hydroxylation sites is 1. The van der Waals surface area contributed by atoms with E-state index in [1.54, 1.807) is 0 Å². The van der Waals surface area contributed by atoms with Crippen LogP contribution in [0.25, 0.3) is 11.0 Å². The maximum absolute atomic E-state index is 12.1. The van der Waals surface area contributed by atoms with Crippen LogP contribution in [0.5, 0.6) is 0 Å². The summed E-state index contributed by atoms with van der Waals surface area (Å²) in [7, 11) is -3.35. The van der Waals surface area contributed by atoms with Crippen LogP contribution in [0.2, 0.25) is 0 Å². The Morgan fingerprint density at radius 3 is 2.48 bits per heavy atom. The van der Waals surface area contributed by atoms with Gasteiger partial charge in [0.05, 0.1) is 6.04 Å². The number of rotatable bonds is 6. The topological polar surface area (TPSA) is 76.4 Å². The normalized spacial score (nSPS) is 13.4. The minimum absolute atomic E-state index is 0.0452. The number of carbonyl (C=O) groups is 1. The first-order chi connectivity index (χ1) is 10.7. The van der Waals surface area contributed by atoms with Crippen molar-refractivity contribution in [3.05, 3.63) is 35.6 Å². The number of benzene rings is 1. The van der Waals surface area contributed by atoms with E-state index in [1.165, 1.54) is 6.92 Å². The van der Waals surface area contributed by atoms with Crippen LogP contribution in [-0.2, 0) is 14.6 Å². The van der Waals surface area contributed by atoms with Gasteiger partial charge in [0, 0.05) is 16.7 Å². The molecular weight excluding hydrogens is 314 g/mol. The number of carbonyl (C=O) groups excluding carboxylic acids is 1. The molecule has 1 heterocycles. The minimum atomic E-state index is -3.35. The number of aryl methyl sites for hydroxylation is 1. The highest BCUT2D eigenvalue weighted by Gasteiger charge is 2.26. The summed E-state index contributed by atoms with van der Waals surface area (Å²) in [4.78, 5) is 12.1. The molecule has 0 aliphatic heterocycles. The molecule has 2 rings (SSSR count). The Bertz CT molecular complexity index is 805. The number of nitrogens with one attached hydrogen (secondary N) is 1. The third-order valence-electron chi connectivity index (χ3n) is 3.94. The summed E-state index contributed by atoms with van der Waals surface area (Å²) < 4.78 is 29.2. The second-order valence-corrected chi connectivity index (χ2v) is 8.41. The van der Waals surface area contributed by atoms with E-state index < -0.39 is 21.5 Å². The maximum atomic E-state index is 12.1. The lowest BCUT2D eigenvalue weighted by atomic mass is 9.98. The van der Waals surface area contributed by atoms with E-state index >= 15 is 0 Å². The van der Waals surface area contributed by atoms with Crippen LogP contribution in [-0.4, -0.2) is 25.8 Å². The van der Waals surface area contributed by atoms with E-state index in [0.717, 1.165) is 16.5 Å². The zero-order valence-electron chi connectivity index (χ0n) is 13.9. The minimum Gasteiger partial charge on any atom is -0.459 e. The second-order valence-electron chi connectivity index (χ2n) is 6.05. The van der Waals surface area contributed by atoms with Crippen LogP contribution in [0.3, 0.4) is 0 Å². The summed E-state index contributed by atoms with van der Waals surface area (Å²) in [6.07, 6.45) is 0. The molecule has 1 N–H and O–H groups in total. The van der Waals surface area contributed by atoms with Crippen molar-refractivity contribution in [3.8, 4) is 0 Å². The van der Waals surface area contributed by atoms with E-state index in [2.05, 4.69) is 5.32 Å². The van der Waals surface area contributed by atoms with Crippen LogP contribution in [0.4, 0.5) is 0 Å². The summed E-state index contributed by atoms with van der Waals surface area (Å²) >= 11 is 0. The SMILES string of the molecule is CCS(=O)(=O)CC(=O)N[C@H](c1oc2ccccc2c1C)C(C)C. The predicted molar refractivity (Wildman–Crippen MR) is 91.0 cm³/mol. The van der Waals surface area contributed by atoms with Gasteiger partial charge in [-0.3, -0.25) is 4.79 Å². The lowest BCUT2D eigenvalue weighted by Crippen LogP contribution is -2.36. The molecule has 0 bridgehead atoms. The van der Waals surface area contributed by atoms with Crippen LogP contribution < -0.4 is 5.32 Å². The number of hydrogen-bond acceptors (Lipinski definition) is 4. The van der Waals surface area contributed by atoms with Gasteiger partial charge in [0.1, 0.15) is 17.1 Å². The lowest BCUT2D eigenvalue weighted by molar-refractivity contribution is -0.119. The van der Waals surface area contributed by atoms with E-state index in [9.17, 15) is 13.2 Å². The van der Waals surface area contributed by atoms with Crippen molar-refractivity contribution in [2.24, 2.45) is 5.92 Å². The second kappa shape index (κ2) is 6.74. The third kappa shape index (κ3) is 3.93. The van der Waals surface area contributed by atoms with Gasteiger partial charge in [0.25, 0.3) is 0 Å². The van der Waals surface area contributed by atoms with Crippen LogP contribution in [0.1, 0.15) is 38.1 Å². The molecule has 6 heteroatoms. The highest BCUT2D eigenvalue weighted by atomic mass is 32.2. The molecule has 1 aromatic carbocycles. The molecule has 1 amide bonds. The van der Waals surface area contributed by atoms with Crippen LogP contribution in [0.15, 0.2) is 28.7 Å². The van der Waals surface area contributed by atoms with E-state index in [4.69, 9.17) is 4.42 Å². The van der Waals surface area contributed by atoms with Crippen molar-refractivity contribution in [1.29, 1.82) is 0 Å². The number of amides is 1. The lowest BCUT2D eigenvalue weighted by Gasteiger charge is -2.21. The van der Waals surface area contributed by atoms with Crippen molar-refractivity contribution in [2.45, 2.75) is 33.7 Å². The number of fused-ring (bicyclic) bond motifs is 1. The fraction of sp³-hybridized carbons (Fsp3) is 0.471. The molecule has 0 unspecified atom stereocenters. The van der Waals surface area contributed by atoms with Gasteiger partial charge < -0.3 is 9.73 Å². The predicted octanol–water partition coefficient (Wildman–Crippen LogP) is 2.99. The maximum Gasteiger partial charge on any atom is 0.235 e. The molecule has 1 aromatic heterocycles. The fourth-order valence-electron chi connectivity index (χ4n) is 2.54. The van der Waals surface area contributed by atoms with Gasteiger partial charge in [-0.2, -0.15) is 0 Å². The van der Waals surface area contributed by atoms with Gasteiger partial charge in [-0.25, -0.2) is 8.42 Å². The molecular formula is C17H23NO4S. The molecule has 0 radical (unpaired) electrons. The molecule has 0 saturated heterocycles. The zero-order valence-corrected chi connectivity index (χ0v) is 14.7. The summed E-state index contributed by atoms with van der Waals surface area (Å²) in [6.45, 7) is 7.41. The average Bonchev–Trinajstić information content (AvgIpc) is 2.81. The Kier molecular flexibility index (Phi) is 5.14. The molecule has 0 fully saturated rings. The molecule has 2 aromatic rings. The van der Waals surface area contributed by atoms with Crippen LogP contribution >= 0.6 is 0 Å². The first-order valence-corrected chi connectivity index (χ1v) is 9.55. The van der Waals surface area contributed by atoms with E-state index in [0.29, 0.717) is 5.76 Å². The highest BCUT2D eigenvalue weighted by Crippen LogP contribution is 2.32. The zero-order chi connectivity index (χ0) is 17.2. The Balaban J connectivity index is 2.31. The van der Waals surface area contributed by atoms with Crippen molar-refractivity contribution in [2.75, 3.05) is 11.5 Å². The summed E-state index contributed by atoms with van der Waals surface area (Å²) in [5, 5.41) is 3.82. The van der Waals surface area contributed by atoms with Crippen molar-refractivity contribution < 1.29 is 17.6 Å². The van der Waals surface area contributed by atoms with Gasteiger partial charge in [0.15, 0.2) is 9.84 Å². The molecule has 0 aliphatic rings. The van der Waals surface area contributed by atoms with Gasteiger partial charge in [-0.05, 0) is 18.9 Å². The standard InChI is InChI=1S/C17H23NO4S/c1-5-23(20,21)10-15(19)18-16(11(2)3)17-12(4)13-8-6-7-9-14(13)22-17/h6-9,11,16H,5,10H2,1-4H3,(H,18,19)/t16-/m0/s1. The van der Waals surface area contributed by atoms with E-state index in [-0.39, 0.29) is 17.7 Å². The van der Waals surface area contributed by atoms with Crippen molar-refractivity contribution in [1.82, 2.24) is 5.32 Å². The monoisotopic (exact) mass is 337 g/mol. The summed E-state index contributed by atoms with van der Waals surface area (Å²) in [6, 6.07) is 7.32. The van der Waals surface area contributed by atoms with Crippen LogP contribution in [0, 0.1) is 12.8 Å². The summed E-state index contributed by atoms with van der Waals surface area (Å²) in [5.41, 5.74) is 1.74. The smallest absolute Gasteiger partial charge is 0.235 e. The Morgan fingerprint density at radius 2 is 1.91 bits per heavy atom. The molecule has 1 atom stereocenters. The third-order valence-corrected chi connectivity index (χ3v) is 5.52. The molecule has 0 aliphatic carbocycles. The quantitative estimate of drug-likeness (QED) is 0.879. The van der Waals surface area contributed by atoms with Gasteiger partial charge in [0.2, 0.25) is 5.91 Å². The number of furan rings is 1. The Morgan fingerprint density at radius 1 is 1.26 bits per heavy atom. The number of sulfone groups is 1. The first kappa shape index (κ1) is 17.5. The fourth-order valence-corrected chi connectivity index (χ4v) is 3.23. The Labute approximate surface area is 137 Å². The summed E-state index contributed by atoms with van der Waals surface area (Å²) in [5.74, 6) is -0.279. The molecule has 0 spiro atoms. The Hall–Kier alpha value is -1.82. The molecule has 23 heavy (non-hydrogen) atoms. The van der Waals surface area contributed by atoms with E-state index in [1.807, 2.05) is 45.0 Å². The van der Waals surface area contributed by atoms with Crippen molar-refractivity contribution >= 4 is 26.7 Å². The number of hydrogen-bond donors (Lipinski definition) is 1. The molecule has 126 valence electrons. The first-order valence-electron chi connectivity index (χ1n) is 7.73. The average molecular weight is 337 g/mol. The molecule has 5 nitrogen and oxygen atoms in total.